The summed E-state index contributed by atoms with van der Waals surface area (Å²) in [5, 5.41) is 0. The van der Waals surface area contributed by atoms with Gasteiger partial charge < -0.3 is 4.18 Å². The molecule has 0 saturated heterocycles. The van der Waals surface area contributed by atoms with Crippen LogP contribution in [0.15, 0.2) is 11.8 Å². The van der Waals surface area contributed by atoms with Gasteiger partial charge in [-0.25, -0.2) is 0 Å². The van der Waals surface area contributed by atoms with Crippen molar-refractivity contribution in [1.82, 2.24) is 0 Å². The van der Waals surface area contributed by atoms with Crippen LogP contribution in [0.25, 0.3) is 0 Å². The molecular weight excluding hydrogens is 269 g/mol. The molecule has 7 heteroatoms. The highest BCUT2D eigenvalue weighted by molar-refractivity contribution is 7.87. The summed E-state index contributed by atoms with van der Waals surface area (Å²) in [7, 11) is -5.56. The summed E-state index contributed by atoms with van der Waals surface area (Å²) in [6.07, 6.45) is 2.94. The molecule has 0 aromatic heterocycles. The molecule has 1 rings (SSSR count). The molecule has 0 heterocycles. The van der Waals surface area contributed by atoms with E-state index in [1.54, 1.807) is 0 Å². The van der Waals surface area contributed by atoms with Crippen LogP contribution >= 0.6 is 0 Å². The van der Waals surface area contributed by atoms with Gasteiger partial charge in [-0.15, -0.1) is 0 Å². The minimum absolute atomic E-state index is 0.0263. The van der Waals surface area contributed by atoms with Gasteiger partial charge in [0, 0.05) is 5.92 Å². The van der Waals surface area contributed by atoms with E-state index < -0.39 is 15.6 Å². The first-order valence-electron chi connectivity index (χ1n) is 5.77. The van der Waals surface area contributed by atoms with Gasteiger partial charge in [0.25, 0.3) is 0 Å². The fourth-order valence-corrected chi connectivity index (χ4v) is 2.52. The zero-order chi connectivity index (χ0) is 14.1. The van der Waals surface area contributed by atoms with Gasteiger partial charge in [-0.05, 0) is 30.8 Å². The van der Waals surface area contributed by atoms with E-state index in [0.717, 1.165) is 6.42 Å². The van der Waals surface area contributed by atoms with Crippen LogP contribution in [-0.2, 0) is 14.3 Å². The van der Waals surface area contributed by atoms with Crippen LogP contribution in [0.1, 0.15) is 33.6 Å². The number of rotatable bonds is 3. The molecule has 2 atom stereocenters. The Morgan fingerprint density at radius 3 is 2.33 bits per heavy atom. The molecule has 0 aliphatic heterocycles. The van der Waals surface area contributed by atoms with Crippen molar-refractivity contribution in [1.29, 1.82) is 0 Å². The molecule has 0 N–H and O–H groups in total. The van der Waals surface area contributed by atoms with E-state index in [2.05, 4.69) is 4.18 Å². The molecule has 0 aromatic rings. The van der Waals surface area contributed by atoms with Crippen molar-refractivity contribution in [3.05, 3.63) is 11.8 Å². The van der Waals surface area contributed by atoms with Crippen molar-refractivity contribution in [2.75, 3.05) is 0 Å². The standard InChI is InChI=1S/C11H17F3O3S/c1-7(2)9-5-4-8(3)6-10(9)17-18(15,16)11(12,13)14/h6-9H,4-5H2,1-3H3/t8-,9+/m0/s1. The third-order valence-corrected chi connectivity index (χ3v) is 4.02. The Hall–Kier alpha value is -0.720. The second-order valence-electron chi connectivity index (χ2n) is 4.96. The Morgan fingerprint density at radius 2 is 1.89 bits per heavy atom. The van der Waals surface area contributed by atoms with Crippen LogP contribution in [0.4, 0.5) is 13.2 Å². The Morgan fingerprint density at radius 1 is 1.33 bits per heavy atom. The van der Waals surface area contributed by atoms with Crippen LogP contribution in [0.5, 0.6) is 0 Å². The largest absolute Gasteiger partial charge is 0.534 e. The minimum atomic E-state index is -5.56. The summed E-state index contributed by atoms with van der Waals surface area (Å²) in [5.41, 5.74) is -5.38. The number of halogens is 3. The molecule has 0 spiro atoms. The third-order valence-electron chi connectivity index (χ3n) is 3.04. The maximum absolute atomic E-state index is 12.3. The molecular formula is C11H17F3O3S. The van der Waals surface area contributed by atoms with Crippen LogP contribution in [0, 0.1) is 17.8 Å². The van der Waals surface area contributed by atoms with Gasteiger partial charge in [0.2, 0.25) is 0 Å². The van der Waals surface area contributed by atoms with Crippen molar-refractivity contribution in [2.24, 2.45) is 17.8 Å². The predicted molar refractivity (Wildman–Crippen MR) is 60.9 cm³/mol. The predicted octanol–water partition coefficient (Wildman–Crippen LogP) is 3.44. The lowest BCUT2D eigenvalue weighted by Gasteiger charge is -2.29. The Balaban J connectivity index is 2.99. The van der Waals surface area contributed by atoms with Gasteiger partial charge in [0.05, 0.1) is 0 Å². The lowest BCUT2D eigenvalue weighted by molar-refractivity contribution is -0.0530. The summed E-state index contributed by atoms with van der Waals surface area (Å²) in [6, 6.07) is 0. The van der Waals surface area contributed by atoms with E-state index in [-0.39, 0.29) is 23.5 Å². The smallest absolute Gasteiger partial charge is 0.381 e. The fraction of sp³-hybridized carbons (Fsp3) is 0.818. The van der Waals surface area contributed by atoms with Crippen LogP contribution in [-0.4, -0.2) is 13.9 Å². The number of hydrogen-bond donors (Lipinski definition) is 0. The molecule has 0 unspecified atom stereocenters. The molecule has 3 nitrogen and oxygen atoms in total. The first-order valence-corrected chi connectivity index (χ1v) is 7.18. The zero-order valence-corrected chi connectivity index (χ0v) is 11.3. The number of alkyl halides is 3. The van der Waals surface area contributed by atoms with Crippen molar-refractivity contribution in [3.8, 4) is 0 Å². The molecule has 0 bridgehead atoms. The molecule has 1 aliphatic carbocycles. The number of allylic oxidation sites excluding steroid dienone is 2. The highest BCUT2D eigenvalue weighted by atomic mass is 32.2. The molecule has 0 aromatic carbocycles. The Bertz CT molecular complexity index is 423. The number of hydrogen-bond acceptors (Lipinski definition) is 3. The van der Waals surface area contributed by atoms with Crippen LogP contribution in [0.2, 0.25) is 0 Å². The van der Waals surface area contributed by atoms with Gasteiger partial charge in [0.15, 0.2) is 0 Å². The summed E-state index contributed by atoms with van der Waals surface area (Å²) >= 11 is 0. The SMILES string of the molecule is CC(C)[C@H]1CC[C@H](C)C=C1OS(=O)(=O)C(F)(F)F. The molecule has 18 heavy (non-hydrogen) atoms. The first-order chi connectivity index (χ1) is 8.04. The van der Waals surface area contributed by atoms with Gasteiger partial charge in [-0.1, -0.05) is 20.8 Å². The molecule has 106 valence electrons. The topological polar surface area (TPSA) is 43.4 Å². The van der Waals surface area contributed by atoms with Gasteiger partial charge >= 0.3 is 15.6 Å². The van der Waals surface area contributed by atoms with E-state index in [9.17, 15) is 21.6 Å². The molecule has 1 aliphatic rings. The van der Waals surface area contributed by atoms with Crippen LogP contribution in [0.3, 0.4) is 0 Å². The average Bonchev–Trinajstić information content (AvgIpc) is 2.14. The summed E-state index contributed by atoms with van der Waals surface area (Å²) in [5.74, 6) is -0.287. The molecule has 0 fully saturated rings. The summed E-state index contributed by atoms with van der Waals surface area (Å²) in [6.45, 7) is 5.48. The molecule has 0 saturated carbocycles. The van der Waals surface area contributed by atoms with Gasteiger partial charge in [0.1, 0.15) is 5.76 Å². The summed E-state index contributed by atoms with van der Waals surface area (Å²) in [4.78, 5) is 0. The molecule has 0 amide bonds. The highest BCUT2D eigenvalue weighted by Crippen LogP contribution is 2.37. The van der Waals surface area contributed by atoms with E-state index in [0.29, 0.717) is 6.42 Å². The van der Waals surface area contributed by atoms with Gasteiger partial charge in [-0.2, -0.15) is 21.6 Å². The first kappa shape index (κ1) is 15.3. The van der Waals surface area contributed by atoms with Crippen molar-refractivity contribution in [2.45, 2.75) is 39.1 Å². The van der Waals surface area contributed by atoms with Gasteiger partial charge in [-0.3, -0.25) is 0 Å². The zero-order valence-electron chi connectivity index (χ0n) is 10.5. The van der Waals surface area contributed by atoms with E-state index in [4.69, 9.17) is 0 Å². The second kappa shape index (κ2) is 5.11. The monoisotopic (exact) mass is 286 g/mol. The quantitative estimate of drug-likeness (QED) is 0.589. The maximum atomic E-state index is 12.3. The van der Waals surface area contributed by atoms with E-state index in [1.807, 2.05) is 20.8 Å². The summed E-state index contributed by atoms with van der Waals surface area (Å²) < 4.78 is 63.1. The van der Waals surface area contributed by atoms with E-state index in [1.165, 1.54) is 6.08 Å². The minimum Gasteiger partial charge on any atom is -0.381 e. The lowest BCUT2D eigenvalue weighted by Crippen LogP contribution is -2.29. The van der Waals surface area contributed by atoms with Crippen molar-refractivity contribution >= 4 is 10.1 Å². The van der Waals surface area contributed by atoms with E-state index >= 15 is 0 Å². The fourth-order valence-electron chi connectivity index (χ4n) is 2.00. The van der Waals surface area contributed by atoms with Crippen molar-refractivity contribution < 1.29 is 25.8 Å². The Kier molecular flexibility index (Phi) is 4.35. The third kappa shape index (κ3) is 3.40. The Labute approximate surface area is 105 Å². The highest BCUT2D eigenvalue weighted by Gasteiger charge is 2.49. The second-order valence-corrected chi connectivity index (χ2v) is 6.50. The normalized spacial score (nSPS) is 26.1. The average molecular weight is 286 g/mol. The van der Waals surface area contributed by atoms with Crippen molar-refractivity contribution in [3.63, 3.8) is 0 Å². The molecule has 0 radical (unpaired) electrons. The maximum Gasteiger partial charge on any atom is 0.534 e. The lowest BCUT2D eigenvalue weighted by atomic mass is 9.81. The van der Waals surface area contributed by atoms with Crippen LogP contribution < -0.4 is 0 Å².